The van der Waals surface area contributed by atoms with Gasteiger partial charge in [-0.1, -0.05) is 36.4 Å². The number of nitrogens with one attached hydrogen (secondary N) is 1. The first-order valence-corrected chi connectivity index (χ1v) is 14.5. The molecule has 1 amide bonds. The van der Waals surface area contributed by atoms with Crippen LogP contribution in [0.25, 0.3) is 22.3 Å². The molecule has 3 aromatic carbocycles. The number of pyridine rings is 1. The molecular formula is C35H32FN5O4. The number of aryl methyl sites for hydroxylation is 2. The Hall–Kier alpha value is -5.40. The van der Waals surface area contributed by atoms with Gasteiger partial charge in [0, 0.05) is 38.3 Å². The highest BCUT2D eigenvalue weighted by Crippen LogP contribution is 2.24. The monoisotopic (exact) mass is 605 g/mol. The first-order chi connectivity index (χ1) is 21.7. The van der Waals surface area contributed by atoms with Gasteiger partial charge in [-0.15, -0.1) is 0 Å². The van der Waals surface area contributed by atoms with E-state index in [1.807, 2.05) is 53.1 Å². The van der Waals surface area contributed by atoms with Crippen LogP contribution in [0.15, 0.2) is 78.9 Å². The van der Waals surface area contributed by atoms with E-state index < -0.39 is 5.97 Å². The summed E-state index contributed by atoms with van der Waals surface area (Å²) >= 11 is 0. The van der Waals surface area contributed by atoms with Gasteiger partial charge in [-0.25, -0.2) is 14.2 Å². The minimum Gasteiger partial charge on any atom is -0.478 e. The maximum absolute atomic E-state index is 14.3. The minimum atomic E-state index is -1.03. The predicted molar refractivity (Wildman–Crippen MR) is 167 cm³/mol. The number of carboxylic acids is 1. The molecule has 5 rings (SSSR count). The van der Waals surface area contributed by atoms with E-state index in [0.29, 0.717) is 54.5 Å². The largest absolute Gasteiger partial charge is 0.478 e. The Balaban J connectivity index is 1.35. The highest BCUT2D eigenvalue weighted by atomic mass is 19.1. The number of hydrogen-bond donors (Lipinski definition) is 2. The molecule has 0 spiro atoms. The Morgan fingerprint density at radius 3 is 2.53 bits per heavy atom. The van der Waals surface area contributed by atoms with Crippen molar-refractivity contribution in [2.45, 2.75) is 38.8 Å². The number of ether oxygens (including phenoxy) is 1. The van der Waals surface area contributed by atoms with E-state index in [0.717, 1.165) is 28.3 Å². The van der Waals surface area contributed by atoms with Crippen molar-refractivity contribution >= 4 is 22.9 Å². The zero-order valence-electron chi connectivity index (χ0n) is 25.0. The summed E-state index contributed by atoms with van der Waals surface area (Å²) in [7, 11) is 1.57. The first-order valence-electron chi connectivity index (χ1n) is 14.5. The number of carbonyl (C=O) groups excluding carboxylic acids is 1. The summed E-state index contributed by atoms with van der Waals surface area (Å²) in [4.78, 5) is 32.8. The second-order valence-corrected chi connectivity index (χ2v) is 10.7. The molecular weight excluding hydrogens is 573 g/mol. The van der Waals surface area contributed by atoms with Gasteiger partial charge in [-0.3, -0.25) is 9.78 Å². The molecule has 45 heavy (non-hydrogen) atoms. The van der Waals surface area contributed by atoms with Crippen LogP contribution in [-0.2, 0) is 35.3 Å². The third-order valence-electron chi connectivity index (χ3n) is 7.62. The number of benzene rings is 3. The van der Waals surface area contributed by atoms with Crippen LogP contribution in [0.1, 0.15) is 45.5 Å². The van der Waals surface area contributed by atoms with Gasteiger partial charge >= 0.3 is 5.97 Å². The van der Waals surface area contributed by atoms with Crippen molar-refractivity contribution in [3.63, 3.8) is 0 Å². The molecule has 1 atom stereocenters. The van der Waals surface area contributed by atoms with Crippen LogP contribution in [0.4, 0.5) is 4.39 Å². The van der Waals surface area contributed by atoms with Gasteiger partial charge in [0.15, 0.2) is 0 Å². The molecule has 0 fully saturated rings. The fourth-order valence-corrected chi connectivity index (χ4v) is 5.17. The average Bonchev–Trinajstić information content (AvgIpc) is 3.38. The lowest BCUT2D eigenvalue weighted by atomic mass is 10.0. The van der Waals surface area contributed by atoms with Crippen LogP contribution in [-0.4, -0.2) is 51.3 Å². The van der Waals surface area contributed by atoms with E-state index in [9.17, 15) is 19.1 Å². The highest BCUT2D eigenvalue weighted by Gasteiger charge is 2.18. The zero-order valence-corrected chi connectivity index (χ0v) is 25.0. The molecule has 0 saturated heterocycles. The van der Waals surface area contributed by atoms with Gasteiger partial charge < -0.3 is 19.7 Å². The molecule has 0 aliphatic carbocycles. The quantitative estimate of drug-likeness (QED) is 0.197. The topological polar surface area (TPSA) is 130 Å². The number of methoxy groups -OCH3 is 1. The maximum Gasteiger partial charge on any atom is 0.335 e. The Kier molecular flexibility index (Phi) is 9.61. The molecule has 9 nitrogen and oxygen atoms in total. The molecule has 2 aromatic heterocycles. The number of halogens is 1. The number of imidazole rings is 1. The van der Waals surface area contributed by atoms with Crippen LogP contribution < -0.4 is 5.32 Å². The molecule has 0 saturated carbocycles. The van der Waals surface area contributed by atoms with E-state index in [4.69, 9.17) is 20.0 Å². The standard InChI is InChI=1S/C35H32FN5O4/c1-22(42)38-20-29(45-2)21-41-33-18-27(35(43)44)13-15-32(33)40-34(41)17-23-6-10-26(11-7-23)31-5-3-4-28(39-31)14-12-25-9-8-24(19-37)16-30(25)36/h3-11,13,15-16,18,29H,12,14,17,20-21H2,1-2H3,(H,38,42)(H,43,44)/t29-/m1/s1. The Bertz CT molecular complexity index is 1900. The van der Waals surface area contributed by atoms with E-state index >= 15 is 0 Å². The molecule has 0 bridgehead atoms. The lowest BCUT2D eigenvalue weighted by molar-refractivity contribution is -0.119. The van der Waals surface area contributed by atoms with Crippen molar-refractivity contribution in [3.05, 3.63) is 118 Å². The summed E-state index contributed by atoms with van der Waals surface area (Å²) < 4.78 is 21.9. The lowest BCUT2D eigenvalue weighted by Crippen LogP contribution is -2.34. The third kappa shape index (κ3) is 7.58. The number of rotatable bonds is 12. The third-order valence-corrected chi connectivity index (χ3v) is 7.62. The van der Waals surface area contributed by atoms with Crippen LogP contribution in [0.5, 0.6) is 0 Å². The van der Waals surface area contributed by atoms with E-state index in [2.05, 4.69) is 5.32 Å². The maximum atomic E-state index is 14.3. The molecule has 0 aliphatic heterocycles. The highest BCUT2D eigenvalue weighted by molar-refractivity contribution is 5.92. The van der Waals surface area contributed by atoms with Gasteiger partial charge in [0.25, 0.3) is 0 Å². The van der Waals surface area contributed by atoms with Gasteiger partial charge in [0.2, 0.25) is 5.91 Å². The molecule has 0 aliphatic rings. The summed E-state index contributed by atoms with van der Waals surface area (Å²) in [5, 5.41) is 21.3. The fourth-order valence-electron chi connectivity index (χ4n) is 5.17. The number of aromatic carboxylic acids is 1. The number of nitrogens with zero attached hydrogens (tertiary/aromatic N) is 4. The summed E-state index contributed by atoms with van der Waals surface area (Å²) in [6, 6.07) is 25.1. The second-order valence-electron chi connectivity index (χ2n) is 10.7. The number of fused-ring (bicyclic) bond motifs is 1. The number of hydrogen-bond acceptors (Lipinski definition) is 6. The van der Waals surface area contributed by atoms with Crippen molar-refractivity contribution in [2.75, 3.05) is 13.7 Å². The van der Waals surface area contributed by atoms with E-state index in [1.54, 1.807) is 31.4 Å². The SMILES string of the molecule is CO[C@H](CNC(C)=O)Cn1c(Cc2ccc(-c3cccc(CCc4ccc(C#N)cc4F)n3)cc2)nc2ccc(C(=O)O)cc21. The number of aromatic nitrogens is 3. The van der Waals surface area contributed by atoms with E-state index in [-0.39, 0.29) is 23.4 Å². The fraction of sp³-hybridized carbons (Fsp3) is 0.229. The van der Waals surface area contributed by atoms with Gasteiger partial charge in [-0.2, -0.15) is 5.26 Å². The van der Waals surface area contributed by atoms with Gasteiger partial charge in [-0.05, 0) is 66.4 Å². The summed E-state index contributed by atoms with van der Waals surface area (Å²) in [5.41, 5.74) is 5.91. The summed E-state index contributed by atoms with van der Waals surface area (Å²) in [5.74, 6) is -0.842. The first kappa shape index (κ1) is 31.0. The van der Waals surface area contributed by atoms with Crippen molar-refractivity contribution < 1.29 is 23.8 Å². The lowest BCUT2D eigenvalue weighted by Gasteiger charge is -2.19. The number of carbonyl (C=O) groups is 2. The van der Waals surface area contributed by atoms with Crippen LogP contribution >= 0.6 is 0 Å². The Morgan fingerprint density at radius 2 is 1.84 bits per heavy atom. The number of carboxylic acid groups (broad SMARTS) is 1. The smallest absolute Gasteiger partial charge is 0.335 e. The summed E-state index contributed by atoms with van der Waals surface area (Å²) in [6.45, 7) is 2.11. The molecule has 0 unspecified atom stereocenters. The van der Waals surface area contributed by atoms with Crippen LogP contribution in [0.2, 0.25) is 0 Å². The normalized spacial score (nSPS) is 11.7. The van der Waals surface area contributed by atoms with E-state index in [1.165, 1.54) is 19.1 Å². The second kappa shape index (κ2) is 13.9. The number of nitriles is 1. The Labute approximate surface area is 259 Å². The minimum absolute atomic E-state index is 0.159. The van der Waals surface area contributed by atoms with Crippen LogP contribution in [0.3, 0.4) is 0 Å². The molecule has 10 heteroatoms. The van der Waals surface area contributed by atoms with Crippen LogP contribution in [0, 0.1) is 17.1 Å². The predicted octanol–water partition coefficient (Wildman–Crippen LogP) is 5.33. The van der Waals surface area contributed by atoms with Crippen molar-refractivity contribution in [1.82, 2.24) is 19.9 Å². The van der Waals surface area contributed by atoms with Crippen molar-refractivity contribution in [1.29, 1.82) is 5.26 Å². The molecule has 2 N–H and O–H groups in total. The molecule has 5 aromatic rings. The molecule has 228 valence electrons. The van der Waals surface area contributed by atoms with Gasteiger partial charge in [0.1, 0.15) is 11.6 Å². The average molecular weight is 606 g/mol. The van der Waals surface area contributed by atoms with Crippen molar-refractivity contribution in [2.24, 2.45) is 0 Å². The Morgan fingerprint density at radius 1 is 1.04 bits per heavy atom. The summed E-state index contributed by atoms with van der Waals surface area (Å²) in [6.07, 6.45) is 1.15. The van der Waals surface area contributed by atoms with Gasteiger partial charge in [0.05, 0.1) is 46.6 Å². The van der Waals surface area contributed by atoms with Crippen molar-refractivity contribution in [3.8, 4) is 17.3 Å². The molecule has 0 radical (unpaired) electrons. The zero-order chi connectivity index (χ0) is 31.9. The number of amides is 1. The molecule has 2 heterocycles.